The van der Waals surface area contributed by atoms with Crippen molar-refractivity contribution in [1.82, 2.24) is 9.55 Å². The van der Waals surface area contributed by atoms with Crippen LogP contribution in [0.2, 0.25) is 0 Å². The molecule has 1 saturated carbocycles. The number of primary amides is 1. The van der Waals surface area contributed by atoms with Gasteiger partial charge in [-0.3, -0.25) is 9.78 Å². The third-order valence-corrected chi connectivity index (χ3v) is 6.58. The van der Waals surface area contributed by atoms with Crippen LogP contribution in [0.5, 0.6) is 0 Å². The number of fused-ring (bicyclic) bond motifs is 1. The molecule has 2 N–H and O–H groups in total. The molecule has 2 heterocycles. The SMILES string of the molecule is COCCOC1CCC(n2c(C)cc3cc(-c4cncs4)cc(C(N)=O)c32)CC1. The summed E-state index contributed by atoms with van der Waals surface area (Å²) >= 11 is 1.56. The van der Waals surface area contributed by atoms with Crippen LogP contribution in [-0.2, 0) is 9.47 Å². The Morgan fingerprint density at radius 1 is 1.24 bits per heavy atom. The van der Waals surface area contributed by atoms with Crippen LogP contribution in [-0.4, -0.2) is 41.9 Å². The van der Waals surface area contributed by atoms with E-state index >= 15 is 0 Å². The summed E-state index contributed by atoms with van der Waals surface area (Å²) < 4.78 is 13.3. The quantitative estimate of drug-likeness (QED) is 0.585. The first-order chi connectivity index (χ1) is 14.1. The van der Waals surface area contributed by atoms with Gasteiger partial charge in [0.05, 0.1) is 40.8 Å². The number of nitrogens with two attached hydrogens (primary N) is 1. The molecular formula is C22H27N3O3S. The van der Waals surface area contributed by atoms with E-state index in [4.69, 9.17) is 15.2 Å². The predicted molar refractivity (Wildman–Crippen MR) is 115 cm³/mol. The second-order valence-electron chi connectivity index (χ2n) is 7.64. The first-order valence-corrected chi connectivity index (χ1v) is 10.9. The maximum atomic E-state index is 12.3. The van der Waals surface area contributed by atoms with Crippen LogP contribution in [0.3, 0.4) is 0 Å². The van der Waals surface area contributed by atoms with Crippen molar-refractivity contribution in [2.75, 3.05) is 20.3 Å². The van der Waals surface area contributed by atoms with Gasteiger partial charge in [-0.05, 0) is 56.4 Å². The monoisotopic (exact) mass is 413 g/mol. The minimum absolute atomic E-state index is 0.289. The number of amides is 1. The molecule has 0 radical (unpaired) electrons. The van der Waals surface area contributed by atoms with E-state index < -0.39 is 5.91 Å². The average molecular weight is 414 g/mol. The Labute approximate surface area is 174 Å². The number of aryl methyl sites for hydroxylation is 1. The molecule has 0 spiro atoms. The van der Waals surface area contributed by atoms with Crippen molar-refractivity contribution in [2.24, 2.45) is 5.73 Å². The van der Waals surface area contributed by atoms with Gasteiger partial charge in [0.15, 0.2) is 0 Å². The fourth-order valence-electron chi connectivity index (χ4n) is 4.43. The smallest absolute Gasteiger partial charge is 0.250 e. The first kappa shape index (κ1) is 20.1. The molecule has 0 atom stereocenters. The van der Waals surface area contributed by atoms with E-state index in [2.05, 4.69) is 28.6 Å². The van der Waals surface area contributed by atoms with E-state index in [1.165, 1.54) is 0 Å². The standard InChI is InChI=1S/C22H27N3O3S/c1-14-9-16-10-15(20-12-24-13-29-20)11-19(22(23)26)21(16)25(14)17-3-5-18(6-4-17)28-8-7-27-2/h9-13,17-18H,3-8H2,1-2H3,(H2,23,26). The molecule has 2 aromatic heterocycles. The van der Waals surface area contributed by atoms with Gasteiger partial charge in [0, 0.05) is 30.4 Å². The molecular weight excluding hydrogens is 386 g/mol. The number of aromatic nitrogens is 2. The minimum atomic E-state index is -0.391. The van der Waals surface area contributed by atoms with Crippen LogP contribution in [0.4, 0.5) is 0 Å². The minimum Gasteiger partial charge on any atom is -0.382 e. The summed E-state index contributed by atoms with van der Waals surface area (Å²) in [5.41, 5.74) is 11.3. The summed E-state index contributed by atoms with van der Waals surface area (Å²) in [4.78, 5) is 17.5. The summed E-state index contributed by atoms with van der Waals surface area (Å²) in [6.45, 7) is 3.38. The normalized spacial score (nSPS) is 19.7. The Kier molecular flexibility index (Phi) is 5.99. The van der Waals surface area contributed by atoms with Crippen molar-refractivity contribution in [2.45, 2.75) is 44.8 Å². The van der Waals surface area contributed by atoms with Gasteiger partial charge in [0.25, 0.3) is 5.91 Å². The summed E-state index contributed by atoms with van der Waals surface area (Å²) in [6.07, 6.45) is 6.19. The number of hydrogen-bond acceptors (Lipinski definition) is 5. The van der Waals surface area contributed by atoms with Gasteiger partial charge in [-0.25, -0.2) is 0 Å². The zero-order valence-corrected chi connectivity index (χ0v) is 17.7. The van der Waals surface area contributed by atoms with Crippen LogP contribution >= 0.6 is 11.3 Å². The Morgan fingerprint density at radius 3 is 2.69 bits per heavy atom. The number of methoxy groups -OCH3 is 1. The van der Waals surface area contributed by atoms with Gasteiger partial charge in [0.2, 0.25) is 0 Å². The lowest BCUT2D eigenvalue weighted by Crippen LogP contribution is -2.25. The number of thiazole rings is 1. The van der Waals surface area contributed by atoms with Crippen LogP contribution in [0.25, 0.3) is 21.3 Å². The van der Waals surface area contributed by atoms with Gasteiger partial charge in [-0.2, -0.15) is 0 Å². The largest absolute Gasteiger partial charge is 0.382 e. The van der Waals surface area contributed by atoms with Gasteiger partial charge >= 0.3 is 0 Å². The fraction of sp³-hybridized carbons (Fsp3) is 0.455. The summed E-state index contributed by atoms with van der Waals surface area (Å²) in [5.74, 6) is -0.391. The van der Waals surface area contributed by atoms with Crippen molar-refractivity contribution in [3.63, 3.8) is 0 Å². The first-order valence-electron chi connectivity index (χ1n) is 10.0. The fourth-order valence-corrected chi connectivity index (χ4v) is 5.04. The number of carbonyl (C=O) groups excluding carboxylic acids is 1. The molecule has 0 bridgehead atoms. The van der Waals surface area contributed by atoms with Crippen LogP contribution in [0.1, 0.15) is 47.8 Å². The number of carbonyl (C=O) groups is 1. The molecule has 154 valence electrons. The van der Waals surface area contributed by atoms with Crippen LogP contribution in [0.15, 0.2) is 29.9 Å². The molecule has 4 rings (SSSR count). The molecule has 1 amide bonds. The van der Waals surface area contributed by atoms with Crippen LogP contribution < -0.4 is 5.73 Å². The summed E-state index contributed by atoms with van der Waals surface area (Å²) in [5, 5.41) is 1.06. The Hall–Kier alpha value is -2.22. The second kappa shape index (κ2) is 8.65. The Bertz CT molecular complexity index is 989. The van der Waals surface area contributed by atoms with Gasteiger partial charge in [0.1, 0.15) is 0 Å². The molecule has 0 saturated heterocycles. The molecule has 1 aromatic carbocycles. The lowest BCUT2D eigenvalue weighted by atomic mass is 9.92. The molecule has 6 nitrogen and oxygen atoms in total. The van der Waals surface area contributed by atoms with E-state index in [9.17, 15) is 4.79 Å². The highest BCUT2D eigenvalue weighted by molar-refractivity contribution is 7.13. The van der Waals surface area contributed by atoms with Gasteiger partial charge in [-0.15, -0.1) is 11.3 Å². The maximum Gasteiger partial charge on any atom is 0.250 e. The van der Waals surface area contributed by atoms with E-state index in [0.717, 1.165) is 52.7 Å². The van der Waals surface area contributed by atoms with Crippen LogP contribution in [0, 0.1) is 6.92 Å². The van der Waals surface area contributed by atoms with E-state index in [0.29, 0.717) is 24.8 Å². The highest BCUT2D eigenvalue weighted by atomic mass is 32.1. The molecule has 0 aliphatic heterocycles. The number of ether oxygens (including phenoxy) is 2. The highest BCUT2D eigenvalue weighted by Crippen LogP contribution is 2.38. The highest BCUT2D eigenvalue weighted by Gasteiger charge is 2.26. The third-order valence-electron chi connectivity index (χ3n) is 5.76. The molecule has 3 aromatic rings. The third kappa shape index (κ3) is 4.08. The second-order valence-corrected chi connectivity index (χ2v) is 8.53. The molecule has 29 heavy (non-hydrogen) atoms. The number of rotatable bonds is 7. The molecule has 0 unspecified atom stereocenters. The van der Waals surface area contributed by atoms with Crippen molar-refractivity contribution < 1.29 is 14.3 Å². The van der Waals surface area contributed by atoms with Gasteiger partial charge in [-0.1, -0.05) is 0 Å². The zero-order valence-electron chi connectivity index (χ0n) is 16.9. The number of nitrogens with zero attached hydrogens (tertiary/aromatic N) is 2. The molecule has 7 heteroatoms. The Balaban J connectivity index is 1.65. The van der Waals surface area contributed by atoms with Crippen molar-refractivity contribution in [3.05, 3.63) is 41.2 Å². The van der Waals surface area contributed by atoms with E-state index in [1.807, 2.05) is 12.3 Å². The topological polar surface area (TPSA) is 79.4 Å². The molecule has 1 aliphatic carbocycles. The van der Waals surface area contributed by atoms with Crippen molar-refractivity contribution in [1.29, 1.82) is 0 Å². The zero-order chi connectivity index (χ0) is 20.4. The number of benzene rings is 1. The summed E-state index contributed by atoms with van der Waals surface area (Å²) in [7, 11) is 1.69. The Morgan fingerprint density at radius 2 is 2.03 bits per heavy atom. The van der Waals surface area contributed by atoms with Crippen molar-refractivity contribution >= 4 is 28.1 Å². The van der Waals surface area contributed by atoms with Gasteiger partial charge < -0.3 is 19.8 Å². The average Bonchev–Trinajstić information content (AvgIpc) is 3.35. The van der Waals surface area contributed by atoms with Crippen molar-refractivity contribution in [3.8, 4) is 10.4 Å². The number of hydrogen-bond donors (Lipinski definition) is 1. The van der Waals surface area contributed by atoms with E-state index in [-0.39, 0.29) is 6.10 Å². The van der Waals surface area contributed by atoms with E-state index in [1.54, 1.807) is 24.0 Å². The molecule has 1 fully saturated rings. The maximum absolute atomic E-state index is 12.3. The lowest BCUT2D eigenvalue weighted by molar-refractivity contribution is -0.00629. The lowest BCUT2D eigenvalue weighted by Gasteiger charge is -2.31. The molecule has 1 aliphatic rings. The predicted octanol–water partition coefficient (Wildman–Crippen LogP) is 4.32. The summed E-state index contributed by atoms with van der Waals surface area (Å²) in [6, 6.07) is 6.56.